The smallest absolute Gasteiger partial charge is 0.347 e. The number of allylic oxidation sites excluding steroid dienone is 1. The number of halogens is 8. The van der Waals surface area contributed by atoms with Gasteiger partial charge in [0.2, 0.25) is 11.6 Å². The summed E-state index contributed by atoms with van der Waals surface area (Å²) in [7, 11) is 0. The molecule has 0 aliphatic heterocycles. The van der Waals surface area contributed by atoms with Gasteiger partial charge in [-0.2, -0.15) is 26.3 Å². The predicted octanol–water partition coefficient (Wildman–Crippen LogP) is 7.39. The molecule has 12 heteroatoms. The van der Waals surface area contributed by atoms with Crippen LogP contribution in [0.2, 0.25) is 0 Å². The van der Waals surface area contributed by atoms with E-state index in [0.29, 0.717) is 0 Å². The Balaban J connectivity index is 2.18. The minimum Gasteiger partial charge on any atom is -0.347 e. The van der Waals surface area contributed by atoms with Crippen molar-refractivity contribution < 1.29 is 40.3 Å². The molecule has 0 saturated carbocycles. The third-order valence-electron chi connectivity index (χ3n) is 4.98. The zero-order chi connectivity index (χ0) is 27.3. The zero-order valence-corrected chi connectivity index (χ0v) is 20.1. The van der Waals surface area contributed by atoms with Crippen molar-refractivity contribution in [1.29, 1.82) is 0 Å². The summed E-state index contributed by atoms with van der Waals surface area (Å²) >= 11 is 3.15. The first-order valence-electron chi connectivity index (χ1n) is 10.2. The van der Waals surface area contributed by atoms with Crippen LogP contribution in [0.15, 0.2) is 46.9 Å². The van der Waals surface area contributed by atoms with E-state index >= 15 is 0 Å². The van der Waals surface area contributed by atoms with Gasteiger partial charge >= 0.3 is 12.4 Å². The first-order chi connectivity index (χ1) is 16.6. The summed E-state index contributed by atoms with van der Waals surface area (Å²) in [6.45, 7) is 6.66. The molecule has 0 heterocycles. The number of hydrogen-bond donors (Lipinski definition) is 1. The van der Waals surface area contributed by atoms with Gasteiger partial charge in [0, 0.05) is 22.4 Å². The minimum absolute atomic E-state index is 0.0928. The molecule has 2 aromatic rings. The van der Waals surface area contributed by atoms with Gasteiger partial charge in [-0.3, -0.25) is 9.59 Å². The molecular weight excluding hydrogens is 561 g/mol. The Hall–Kier alpha value is -3.20. The average molecular weight is 579 g/mol. The quantitative estimate of drug-likeness (QED) is 0.202. The molecule has 192 valence electrons. The van der Waals surface area contributed by atoms with E-state index in [0.717, 1.165) is 30.4 Å². The van der Waals surface area contributed by atoms with Gasteiger partial charge in [-0.1, -0.05) is 47.1 Å². The second kappa shape index (κ2) is 11.7. The lowest BCUT2D eigenvalue weighted by molar-refractivity contribution is -0.140. The summed E-state index contributed by atoms with van der Waals surface area (Å²) in [5.41, 5.74) is -0.497. The molecule has 1 N–H and O–H groups in total. The van der Waals surface area contributed by atoms with E-state index in [9.17, 15) is 40.3 Å². The molecule has 0 bridgehead atoms. The van der Waals surface area contributed by atoms with Gasteiger partial charge in [-0.05, 0) is 35.4 Å². The largest absolute Gasteiger partial charge is 0.405 e. The number of amides is 1. The monoisotopic (exact) mass is 578 g/mol. The Morgan fingerprint density at radius 1 is 1.11 bits per heavy atom. The van der Waals surface area contributed by atoms with Crippen molar-refractivity contribution >= 4 is 39.4 Å². The molecule has 0 aliphatic rings. The van der Waals surface area contributed by atoms with Gasteiger partial charge < -0.3 is 5.32 Å². The minimum atomic E-state index is -4.73. The Kier molecular flexibility index (Phi) is 9.43. The first-order valence-corrected chi connectivity index (χ1v) is 11.0. The van der Waals surface area contributed by atoms with Crippen LogP contribution in [-0.2, 0) is 4.79 Å². The molecule has 4 nitrogen and oxygen atoms in total. The van der Waals surface area contributed by atoms with Crippen LogP contribution in [-0.4, -0.2) is 30.6 Å². The van der Waals surface area contributed by atoms with E-state index in [1.807, 2.05) is 0 Å². The van der Waals surface area contributed by atoms with Crippen LogP contribution in [0.1, 0.15) is 40.7 Å². The molecule has 0 radical (unpaired) electrons. The van der Waals surface area contributed by atoms with Crippen molar-refractivity contribution in [2.75, 3.05) is 6.54 Å². The summed E-state index contributed by atoms with van der Waals surface area (Å²) in [6.07, 6.45) is -7.74. The van der Waals surface area contributed by atoms with Gasteiger partial charge in [-0.15, -0.1) is 0 Å². The maximum atomic E-state index is 13.6. The number of carbonyl (C=O) groups excluding carboxylic acids is 2. The summed E-state index contributed by atoms with van der Waals surface area (Å²) < 4.78 is 91.3. The lowest BCUT2D eigenvalue weighted by atomic mass is 9.95. The molecular formula is C24H18BrF7N2O2. The number of nitrogens with zero attached hydrogens (tertiary/aromatic N) is 1. The molecule has 1 amide bonds. The van der Waals surface area contributed by atoms with Crippen molar-refractivity contribution in [2.24, 2.45) is 5.92 Å². The van der Waals surface area contributed by atoms with Crippen molar-refractivity contribution in [1.82, 2.24) is 5.32 Å². The van der Waals surface area contributed by atoms with Gasteiger partial charge in [0.15, 0.2) is 5.78 Å². The Morgan fingerprint density at radius 2 is 1.78 bits per heavy atom. The van der Waals surface area contributed by atoms with E-state index in [-0.39, 0.29) is 27.6 Å². The van der Waals surface area contributed by atoms with E-state index in [4.69, 9.17) is 6.57 Å². The van der Waals surface area contributed by atoms with E-state index in [2.05, 4.69) is 20.8 Å². The van der Waals surface area contributed by atoms with Crippen LogP contribution in [0.25, 0.3) is 10.9 Å². The predicted molar refractivity (Wildman–Crippen MR) is 122 cm³/mol. The highest BCUT2D eigenvalue weighted by Crippen LogP contribution is 2.38. The van der Waals surface area contributed by atoms with Crippen molar-refractivity contribution in [3.63, 3.8) is 0 Å². The Bertz CT molecular complexity index is 1200. The molecule has 0 spiro atoms. The third-order valence-corrected chi connectivity index (χ3v) is 5.64. The molecule has 0 aromatic heterocycles. The summed E-state index contributed by atoms with van der Waals surface area (Å²) in [5.74, 6) is -5.62. The highest BCUT2D eigenvalue weighted by Gasteiger charge is 2.39. The van der Waals surface area contributed by atoms with Crippen molar-refractivity contribution in [3.8, 4) is 0 Å². The Labute approximate surface area is 210 Å². The highest BCUT2D eigenvalue weighted by molar-refractivity contribution is 9.10. The van der Waals surface area contributed by atoms with Crippen molar-refractivity contribution in [2.45, 2.75) is 31.6 Å². The lowest BCUT2D eigenvalue weighted by Gasteiger charge is -2.18. The fourth-order valence-electron chi connectivity index (χ4n) is 3.13. The number of nitrogens with one attached hydrogen (secondary N) is 1. The van der Waals surface area contributed by atoms with E-state index in [1.54, 1.807) is 5.32 Å². The molecule has 2 aromatic carbocycles. The molecule has 1 unspecified atom stereocenters. The number of ketones is 1. The lowest BCUT2D eigenvalue weighted by Crippen LogP contribution is -2.37. The maximum absolute atomic E-state index is 13.6. The summed E-state index contributed by atoms with van der Waals surface area (Å²) in [4.78, 5) is 27.2. The molecule has 36 heavy (non-hydrogen) atoms. The number of Topliss-reactive ketones (excluding diaryl/α,β-unsaturated/α-hetero) is 1. The van der Waals surface area contributed by atoms with Crippen LogP contribution in [0.5, 0.6) is 0 Å². The SMILES string of the molecule is [C-]#[N+]c1cc(C(/C=C/c2ccc(C(=O)C[C@H](C)C(=O)NCC(F)(F)F)c(Br)c2)C(F)(F)F)ccc1F. The summed E-state index contributed by atoms with van der Waals surface area (Å²) in [5, 5.41) is 1.70. The number of carbonyl (C=O) groups is 2. The van der Waals surface area contributed by atoms with Crippen molar-refractivity contribution in [3.05, 3.63) is 80.9 Å². The van der Waals surface area contributed by atoms with Crippen LogP contribution >= 0.6 is 15.9 Å². The fraction of sp³-hybridized carbons (Fsp3) is 0.292. The molecule has 0 fully saturated rings. The van der Waals surface area contributed by atoms with Gasteiger partial charge in [0.05, 0.1) is 12.5 Å². The molecule has 0 aliphatic carbocycles. The zero-order valence-electron chi connectivity index (χ0n) is 18.5. The standard InChI is InChI=1S/C24H18BrF7N2O2/c1-13(22(36)34-12-23(27,28)29)9-21(35)16-6-3-14(10-18(16)25)4-7-17(24(30,31)32)15-5-8-19(26)20(11-15)33-2/h3-8,10-11,13,17H,9,12H2,1H3,(H,34,36)/b7-4+/t13-,17?/m0/s1. The van der Waals surface area contributed by atoms with Gasteiger partial charge in [0.25, 0.3) is 0 Å². The number of benzene rings is 2. The van der Waals surface area contributed by atoms with Crippen LogP contribution in [0.4, 0.5) is 36.4 Å². The second-order valence-electron chi connectivity index (χ2n) is 7.80. The summed E-state index contributed by atoms with van der Waals surface area (Å²) in [6, 6.07) is 6.58. The molecule has 2 rings (SSSR count). The molecule has 0 saturated heterocycles. The van der Waals surface area contributed by atoms with E-state index in [1.165, 1.54) is 25.1 Å². The normalized spacial score (nSPS) is 13.8. The topological polar surface area (TPSA) is 50.5 Å². The first kappa shape index (κ1) is 29.0. The average Bonchev–Trinajstić information content (AvgIpc) is 2.77. The number of hydrogen-bond acceptors (Lipinski definition) is 2. The number of rotatable bonds is 8. The molecule has 2 atom stereocenters. The highest BCUT2D eigenvalue weighted by atomic mass is 79.9. The van der Waals surface area contributed by atoms with Gasteiger partial charge in [-0.25, -0.2) is 9.24 Å². The van der Waals surface area contributed by atoms with Crippen LogP contribution in [0, 0.1) is 18.3 Å². The maximum Gasteiger partial charge on any atom is 0.405 e. The third kappa shape index (κ3) is 8.19. The van der Waals surface area contributed by atoms with Gasteiger partial charge in [0.1, 0.15) is 12.4 Å². The fourth-order valence-corrected chi connectivity index (χ4v) is 3.75. The number of alkyl halides is 6. The second-order valence-corrected chi connectivity index (χ2v) is 8.66. The van der Waals surface area contributed by atoms with E-state index < -0.39 is 53.9 Å². The van der Waals surface area contributed by atoms with Crippen LogP contribution in [0.3, 0.4) is 0 Å². The van der Waals surface area contributed by atoms with Crippen LogP contribution < -0.4 is 5.32 Å². The Morgan fingerprint density at radius 3 is 2.33 bits per heavy atom.